The number of furan rings is 1. The third-order valence-corrected chi connectivity index (χ3v) is 8.27. The van der Waals surface area contributed by atoms with E-state index in [2.05, 4.69) is 13.8 Å². The van der Waals surface area contributed by atoms with Crippen molar-refractivity contribution in [3.63, 3.8) is 0 Å². The molecule has 2 aromatic rings. The number of aliphatic hydroxyl groups is 1. The second-order valence-corrected chi connectivity index (χ2v) is 11.2. The summed E-state index contributed by atoms with van der Waals surface area (Å²) in [5.74, 6) is -1.14. The molecule has 0 radical (unpaired) electrons. The molecule has 0 spiro atoms. The van der Waals surface area contributed by atoms with Gasteiger partial charge in [0.25, 0.3) is 5.69 Å². The highest BCUT2D eigenvalue weighted by atomic mass is 16.6. The average molecular weight is 548 g/mol. The van der Waals surface area contributed by atoms with Gasteiger partial charge in [0, 0.05) is 12.1 Å². The van der Waals surface area contributed by atoms with Crippen LogP contribution in [0.15, 0.2) is 57.5 Å². The quantitative estimate of drug-likeness (QED) is 0.161. The average Bonchev–Trinajstić information content (AvgIpc) is 3.47. The highest BCUT2D eigenvalue weighted by molar-refractivity contribution is 6.43. The van der Waals surface area contributed by atoms with Crippen molar-refractivity contribution < 1.29 is 33.7 Å². The van der Waals surface area contributed by atoms with Crippen molar-refractivity contribution in [3.8, 4) is 0 Å². The molecule has 210 valence electrons. The van der Waals surface area contributed by atoms with Crippen molar-refractivity contribution in [1.82, 2.24) is 0 Å². The molecule has 3 heterocycles. The number of carbonyl (C=O) groups is 2. The zero-order valence-corrected chi connectivity index (χ0v) is 22.8. The van der Waals surface area contributed by atoms with Crippen molar-refractivity contribution in [1.29, 1.82) is 0 Å². The number of hydrogen-bond acceptors (Lipinski definition) is 8. The van der Waals surface area contributed by atoms with Gasteiger partial charge in [-0.05, 0) is 74.2 Å². The number of nitrogens with zero attached hydrogens (tertiary/aromatic N) is 2. The number of imide groups is 1. The highest BCUT2D eigenvalue weighted by Gasteiger charge is 2.57. The maximum Gasteiger partial charge on any atom is 0.455 e. The van der Waals surface area contributed by atoms with E-state index in [4.69, 9.17) is 9.07 Å². The monoisotopic (exact) mass is 548 g/mol. The third kappa shape index (κ3) is 5.16. The predicted octanol–water partition coefficient (Wildman–Crippen LogP) is 4.52. The van der Waals surface area contributed by atoms with Crippen molar-refractivity contribution in [3.05, 3.63) is 74.8 Å². The fourth-order valence-corrected chi connectivity index (χ4v) is 6.48. The first-order chi connectivity index (χ1) is 19.1. The van der Waals surface area contributed by atoms with Crippen LogP contribution in [0.5, 0.6) is 0 Å². The summed E-state index contributed by atoms with van der Waals surface area (Å²) >= 11 is 0. The van der Waals surface area contributed by atoms with Gasteiger partial charge >= 0.3 is 7.12 Å². The third-order valence-electron chi connectivity index (χ3n) is 8.27. The Bertz CT molecular complexity index is 1400. The topological polar surface area (TPSA) is 143 Å². The van der Waals surface area contributed by atoms with Gasteiger partial charge in [-0.25, -0.2) is 4.90 Å². The van der Waals surface area contributed by atoms with Gasteiger partial charge in [-0.15, -0.1) is 0 Å². The maximum absolute atomic E-state index is 13.8. The van der Waals surface area contributed by atoms with Crippen LogP contribution in [0.3, 0.4) is 0 Å². The molecule has 1 aliphatic carbocycles. The summed E-state index contributed by atoms with van der Waals surface area (Å²) < 4.78 is 11.6. The number of hydrogen-bond donors (Lipinski definition) is 2. The van der Waals surface area contributed by atoms with Crippen LogP contribution in [0.4, 0.5) is 11.4 Å². The Hall–Kier alpha value is -3.54. The van der Waals surface area contributed by atoms with Gasteiger partial charge in [-0.1, -0.05) is 31.1 Å². The number of carbonyl (C=O) groups excluding carboxylic acids is 2. The van der Waals surface area contributed by atoms with Crippen LogP contribution in [0.25, 0.3) is 6.08 Å². The fraction of sp³-hybridized carbons (Fsp3) is 0.448. The van der Waals surface area contributed by atoms with E-state index >= 15 is 0 Å². The molecule has 2 aliphatic heterocycles. The summed E-state index contributed by atoms with van der Waals surface area (Å²) in [5.41, 5.74) is 3.10. The van der Waals surface area contributed by atoms with Gasteiger partial charge in [0.1, 0.15) is 18.1 Å². The number of amides is 2. The molecule has 4 atom stereocenters. The molecule has 2 N–H and O–H groups in total. The lowest BCUT2D eigenvalue weighted by Gasteiger charge is -2.44. The van der Waals surface area contributed by atoms with Gasteiger partial charge in [-0.2, -0.15) is 0 Å². The molecule has 11 heteroatoms. The zero-order chi connectivity index (χ0) is 28.7. The number of aliphatic hydroxyl groups excluding tert-OH is 1. The predicted molar refractivity (Wildman–Crippen MR) is 148 cm³/mol. The first-order valence-corrected chi connectivity index (χ1v) is 13.6. The summed E-state index contributed by atoms with van der Waals surface area (Å²) in [5, 5.41) is 31.3. The molecule has 2 amide bonds. The van der Waals surface area contributed by atoms with Crippen molar-refractivity contribution in [2.45, 2.75) is 59.1 Å². The Morgan fingerprint density at radius 3 is 2.67 bits per heavy atom. The molecular formula is C29H33BN2O8. The van der Waals surface area contributed by atoms with E-state index in [9.17, 15) is 29.8 Å². The molecule has 2 fully saturated rings. The van der Waals surface area contributed by atoms with Crippen LogP contribution in [0.2, 0.25) is 6.32 Å². The zero-order valence-electron chi connectivity index (χ0n) is 22.8. The molecule has 5 rings (SSSR count). The molecule has 2 saturated heterocycles. The van der Waals surface area contributed by atoms with Crippen LogP contribution in [0, 0.1) is 33.8 Å². The largest absolute Gasteiger partial charge is 0.459 e. The lowest BCUT2D eigenvalue weighted by atomic mass is 9.57. The Morgan fingerprint density at radius 1 is 1.23 bits per heavy atom. The Labute approximate surface area is 232 Å². The SMILES string of the molecule is C/C(=C\c1ccc(CO)o1)CC[C@H]1OB(O)C[C@H]2C1=C(C(C)C)C[C@H]1C(=O)N(c3cccc([N+](=O)[O-])c3)C(=O)[C@H]12. The highest BCUT2D eigenvalue weighted by Crippen LogP contribution is 2.52. The van der Waals surface area contributed by atoms with E-state index in [-0.39, 0.29) is 48.0 Å². The van der Waals surface area contributed by atoms with Gasteiger partial charge in [0.05, 0.1) is 28.6 Å². The number of non-ortho nitro benzene ring substituents is 1. The standard InChI is InChI=1S/C29H33BN2O8/c1-16(2)22-13-23-27(29(35)31(28(23)34)18-5-4-6-19(12-18)32(37)38)24-14-30(36)40-25(26(22)24)10-7-17(3)11-20-8-9-21(15-33)39-20/h4-6,8-9,11-12,16,23-25,27,33,36H,7,10,13-15H2,1-3H3/b17-11+/t23-,24+,25-,27-/m1/s1. The number of rotatable bonds is 8. The van der Waals surface area contributed by atoms with Gasteiger partial charge in [0.2, 0.25) is 11.8 Å². The Kier molecular flexibility index (Phi) is 7.81. The normalized spacial score (nSPS) is 25.1. The number of benzene rings is 1. The van der Waals surface area contributed by atoms with E-state index in [1.54, 1.807) is 12.1 Å². The summed E-state index contributed by atoms with van der Waals surface area (Å²) in [4.78, 5) is 39.3. The Morgan fingerprint density at radius 2 is 2.00 bits per heavy atom. The molecule has 1 aromatic heterocycles. The molecule has 0 saturated carbocycles. The lowest BCUT2D eigenvalue weighted by molar-refractivity contribution is -0.384. The lowest BCUT2D eigenvalue weighted by Crippen LogP contribution is -2.46. The minimum atomic E-state index is -1.08. The summed E-state index contributed by atoms with van der Waals surface area (Å²) in [6, 6.07) is 9.10. The molecule has 0 bridgehead atoms. The maximum atomic E-state index is 13.8. The molecular weight excluding hydrogens is 515 g/mol. The van der Waals surface area contributed by atoms with E-state index in [1.807, 2.05) is 13.0 Å². The fourth-order valence-electron chi connectivity index (χ4n) is 6.48. The number of anilines is 1. The first-order valence-electron chi connectivity index (χ1n) is 13.6. The summed E-state index contributed by atoms with van der Waals surface area (Å²) in [6.07, 6.45) is 3.31. The van der Waals surface area contributed by atoms with E-state index in [0.717, 1.165) is 21.6 Å². The molecule has 3 aliphatic rings. The summed E-state index contributed by atoms with van der Waals surface area (Å²) in [7, 11) is -1.08. The smallest absolute Gasteiger partial charge is 0.455 e. The van der Waals surface area contributed by atoms with Crippen molar-refractivity contribution >= 4 is 36.4 Å². The molecule has 10 nitrogen and oxygen atoms in total. The number of nitro groups is 1. The second-order valence-electron chi connectivity index (χ2n) is 11.2. The van der Waals surface area contributed by atoms with Crippen molar-refractivity contribution in [2.24, 2.45) is 23.7 Å². The van der Waals surface area contributed by atoms with Crippen molar-refractivity contribution in [2.75, 3.05) is 4.90 Å². The molecule has 0 unspecified atom stereocenters. The first kappa shape index (κ1) is 28.0. The number of fused-ring (bicyclic) bond motifs is 3. The van der Waals surface area contributed by atoms with Crippen LogP contribution in [-0.4, -0.2) is 40.1 Å². The summed E-state index contributed by atoms with van der Waals surface area (Å²) in [6.45, 7) is 5.92. The molecule has 1 aromatic carbocycles. The van der Waals surface area contributed by atoms with Crippen LogP contribution >= 0.6 is 0 Å². The van der Waals surface area contributed by atoms with Crippen LogP contribution in [-0.2, 0) is 20.9 Å². The molecule has 40 heavy (non-hydrogen) atoms. The number of allylic oxidation sites excluding steroid dienone is 2. The minimum absolute atomic E-state index is 0.103. The van der Waals surface area contributed by atoms with Gasteiger partial charge in [0.15, 0.2) is 0 Å². The number of nitro benzene ring substituents is 1. The van der Waals surface area contributed by atoms with Gasteiger partial charge < -0.3 is 19.2 Å². The van der Waals surface area contributed by atoms with E-state index in [0.29, 0.717) is 30.8 Å². The second kappa shape index (κ2) is 11.2. The van der Waals surface area contributed by atoms with E-state index in [1.165, 1.54) is 24.3 Å². The Balaban J connectivity index is 1.44. The minimum Gasteiger partial charge on any atom is -0.459 e. The van der Waals surface area contributed by atoms with Crippen LogP contribution < -0.4 is 4.90 Å². The van der Waals surface area contributed by atoms with Gasteiger partial charge in [-0.3, -0.25) is 19.7 Å². The van der Waals surface area contributed by atoms with Crippen LogP contribution in [0.1, 0.15) is 51.6 Å². The van der Waals surface area contributed by atoms with E-state index < -0.39 is 30.0 Å².